The highest BCUT2D eigenvalue weighted by atomic mass is 16.4. The summed E-state index contributed by atoms with van der Waals surface area (Å²) in [5.41, 5.74) is 9.76. The molecule has 0 saturated heterocycles. The number of amides is 1. The highest BCUT2D eigenvalue weighted by molar-refractivity contribution is 5.79. The van der Waals surface area contributed by atoms with Crippen LogP contribution in [0.4, 0.5) is 0 Å². The van der Waals surface area contributed by atoms with Crippen molar-refractivity contribution in [3.8, 4) is 0 Å². The van der Waals surface area contributed by atoms with E-state index in [0.717, 1.165) is 6.42 Å². The van der Waals surface area contributed by atoms with Gasteiger partial charge in [-0.15, -0.1) is 0 Å². The van der Waals surface area contributed by atoms with E-state index in [9.17, 15) is 9.59 Å². The Morgan fingerprint density at radius 3 is 2.35 bits per heavy atom. The maximum atomic E-state index is 10.9. The van der Waals surface area contributed by atoms with Crippen LogP contribution in [0.3, 0.4) is 0 Å². The van der Waals surface area contributed by atoms with Gasteiger partial charge in [-0.25, -0.2) is 0 Å². The Balaban J connectivity index is 3.99. The zero-order chi connectivity index (χ0) is 13.5. The lowest BCUT2D eigenvalue weighted by molar-refractivity contribution is -0.143. The standard InChI is InChI=1S/C11H23N3O3/c1-3-11(13,10(16)17)7-5-4-6-8(14-2)9(12)15/h8,14H,3-7,13H2,1-2H3,(H2,12,15)(H,16,17). The van der Waals surface area contributed by atoms with Gasteiger partial charge in [-0.05, 0) is 26.3 Å². The van der Waals surface area contributed by atoms with Gasteiger partial charge in [-0.3, -0.25) is 9.59 Å². The molecule has 0 aromatic heterocycles. The number of likely N-dealkylation sites (N-methyl/N-ethyl adjacent to an activating group) is 1. The van der Waals surface area contributed by atoms with E-state index < -0.39 is 11.5 Å². The predicted octanol–water partition coefficient (Wildman–Crippen LogP) is -0.188. The van der Waals surface area contributed by atoms with Crippen LogP contribution in [-0.2, 0) is 9.59 Å². The van der Waals surface area contributed by atoms with Crippen molar-refractivity contribution < 1.29 is 14.7 Å². The molecule has 6 N–H and O–H groups in total. The zero-order valence-corrected chi connectivity index (χ0v) is 10.5. The van der Waals surface area contributed by atoms with Crippen molar-refractivity contribution in [3.63, 3.8) is 0 Å². The molecule has 0 heterocycles. The number of hydrogen-bond acceptors (Lipinski definition) is 4. The van der Waals surface area contributed by atoms with Crippen LogP contribution in [0.15, 0.2) is 0 Å². The van der Waals surface area contributed by atoms with Crippen molar-refractivity contribution >= 4 is 11.9 Å². The molecule has 17 heavy (non-hydrogen) atoms. The van der Waals surface area contributed by atoms with E-state index in [1.165, 1.54) is 0 Å². The second kappa shape index (κ2) is 7.24. The minimum atomic E-state index is -1.15. The third kappa shape index (κ3) is 5.14. The van der Waals surface area contributed by atoms with Gasteiger partial charge in [0.25, 0.3) is 0 Å². The minimum Gasteiger partial charge on any atom is -0.480 e. The topological polar surface area (TPSA) is 118 Å². The van der Waals surface area contributed by atoms with Crippen LogP contribution in [0.2, 0.25) is 0 Å². The Kier molecular flexibility index (Phi) is 6.75. The number of carbonyl (C=O) groups excluding carboxylic acids is 1. The molecule has 0 spiro atoms. The summed E-state index contributed by atoms with van der Waals surface area (Å²) in [4.78, 5) is 21.9. The number of carboxylic acids is 1. The van der Waals surface area contributed by atoms with Gasteiger partial charge in [0.2, 0.25) is 5.91 Å². The number of nitrogens with two attached hydrogens (primary N) is 2. The number of nitrogens with one attached hydrogen (secondary N) is 1. The molecule has 0 aromatic carbocycles. The van der Waals surface area contributed by atoms with Gasteiger partial charge in [0, 0.05) is 0 Å². The molecule has 2 unspecified atom stereocenters. The number of carbonyl (C=O) groups is 2. The summed E-state index contributed by atoms with van der Waals surface area (Å²) in [7, 11) is 1.67. The number of unbranched alkanes of at least 4 members (excludes halogenated alkanes) is 1. The predicted molar refractivity (Wildman–Crippen MR) is 65.4 cm³/mol. The molecule has 0 radical (unpaired) electrons. The molecule has 0 aliphatic rings. The van der Waals surface area contributed by atoms with Crippen LogP contribution in [-0.4, -0.2) is 35.6 Å². The summed E-state index contributed by atoms with van der Waals surface area (Å²) in [6, 6.07) is -0.353. The van der Waals surface area contributed by atoms with Crippen molar-refractivity contribution in [1.82, 2.24) is 5.32 Å². The van der Waals surface area contributed by atoms with Gasteiger partial charge in [0.15, 0.2) is 0 Å². The van der Waals surface area contributed by atoms with Gasteiger partial charge >= 0.3 is 5.97 Å². The van der Waals surface area contributed by atoms with Gasteiger partial charge in [-0.2, -0.15) is 0 Å². The molecule has 0 bridgehead atoms. The average molecular weight is 245 g/mol. The second-order valence-electron chi connectivity index (χ2n) is 4.30. The van der Waals surface area contributed by atoms with Crippen LogP contribution in [0.1, 0.15) is 39.0 Å². The fraction of sp³-hybridized carbons (Fsp3) is 0.818. The Morgan fingerprint density at radius 1 is 1.41 bits per heavy atom. The third-order valence-corrected chi connectivity index (χ3v) is 3.11. The van der Waals surface area contributed by atoms with Crippen LogP contribution >= 0.6 is 0 Å². The molecule has 2 atom stereocenters. The molecule has 0 fully saturated rings. The first-order chi connectivity index (χ1) is 7.87. The number of carboxylic acid groups (broad SMARTS) is 1. The number of hydrogen-bond donors (Lipinski definition) is 4. The summed E-state index contributed by atoms with van der Waals surface area (Å²) in [6.45, 7) is 1.76. The number of aliphatic carboxylic acids is 1. The maximum absolute atomic E-state index is 10.9. The lowest BCUT2D eigenvalue weighted by atomic mass is 9.90. The molecule has 6 nitrogen and oxygen atoms in total. The lowest BCUT2D eigenvalue weighted by Gasteiger charge is -2.23. The first-order valence-corrected chi connectivity index (χ1v) is 5.86. The van der Waals surface area contributed by atoms with E-state index in [1.807, 2.05) is 0 Å². The van der Waals surface area contributed by atoms with E-state index >= 15 is 0 Å². The monoisotopic (exact) mass is 245 g/mol. The molecule has 100 valence electrons. The zero-order valence-electron chi connectivity index (χ0n) is 10.5. The normalized spacial score (nSPS) is 16.2. The summed E-state index contributed by atoms with van der Waals surface area (Å²) < 4.78 is 0. The average Bonchev–Trinajstić information content (AvgIpc) is 2.27. The fourth-order valence-electron chi connectivity index (χ4n) is 1.65. The van der Waals surface area contributed by atoms with E-state index in [-0.39, 0.29) is 11.9 Å². The Hall–Kier alpha value is -1.14. The van der Waals surface area contributed by atoms with Crippen molar-refractivity contribution in [1.29, 1.82) is 0 Å². The molecule has 1 amide bonds. The van der Waals surface area contributed by atoms with Crippen LogP contribution in [0.5, 0.6) is 0 Å². The van der Waals surface area contributed by atoms with Crippen LogP contribution in [0.25, 0.3) is 0 Å². The Bertz CT molecular complexity index is 271. The molecular formula is C11H23N3O3. The van der Waals surface area contributed by atoms with E-state index in [4.69, 9.17) is 16.6 Å². The molecule has 6 heteroatoms. The minimum absolute atomic E-state index is 0.353. The Labute approximate surface area is 102 Å². The highest BCUT2D eigenvalue weighted by Gasteiger charge is 2.30. The van der Waals surface area contributed by atoms with Gasteiger partial charge in [0.05, 0.1) is 6.04 Å². The first kappa shape index (κ1) is 15.9. The van der Waals surface area contributed by atoms with E-state index in [0.29, 0.717) is 25.7 Å². The SMILES string of the molecule is CCC(N)(CCCCC(NC)C(N)=O)C(=O)O. The second-order valence-corrected chi connectivity index (χ2v) is 4.30. The molecular weight excluding hydrogens is 222 g/mol. The molecule has 0 saturated carbocycles. The van der Waals surface area contributed by atoms with Crippen molar-refractivity contribution in [3.05, 3.63) is 0 Å². The van der Waals surface area contributed by atoms with E-state index in [2.05, 4.69) is 5.32 Å². The largest absolute Gasteiger partial charge is 0.480 e. The molecule has 0 rings (SSSR count). The molecule has 0 aliphatic heterocycles. The number of rotatable bonds is 9. The fourth-order valence-corrected chi connectivity index (χ4v) is 1.65. The molecule has 0 aromatic rings. The summed E-state index contributed by atoms with van der Waals surface area (Å²) in [5.74, 6) is -1.36. The van der Waals surface area contributed by atoms with Crippen LogP contribution < -0.4 is 16.8 Å². The maximum Gasteiger partial charge on any atom is 0.323 e. The van der Waals surface area contributed by atoms with Gasteiger partial charge in [-0.1, -0.05) is 19.8 Å². The van der Waals surface area contributed by atoms with Crippen molar-refractivity contribution in [2.24, 2.45) is 11.5 Å². The smallest absolute Gasteiger partial charge is 0.323 e. The van der Waals surface area contributed by atoms with Crippen molar-refractivity contribution in [2.75, 3.05) is 7.05 Å². The lowest BCUT2D eigenvalue weighted by Crippen LogP contribution is -2.47. The molecule has 0 aliphatic carbocycles. The van der Waals surface area contributed by atoms with Gasteiger partial charge < -0.3 is 21.9 Å². The summed E-state index contributed by atoms with van der Waals surface area (Å²) >= 11 is 0. The summed E-state index contributed by atoms with van der Waals surface area (Å²) in [5, 5.41) is 11.8. The highest BCUT2D eigenvalue weighted by Crippen LogP contribution is 2.17. The summed E-state index contributed by atoms with van der Waals surface area (Å²) in [6.07, 6.45) is 2.80. The first-order valence-electron chi connectivity index (χ1n) is 5.86. The van der Waals surface area contributed by atoms with Crippen LogP contribution in [0, 0.1) is 0 Å². The van der Waals surface area contributed by atoms with Gasteiger partial charge in [0.1, 0.15) is 5.54 Å². The van der Waals surface area contributed by atoms with Crippen molar-refractivity contribution in [2.45, 2.75) is 50.6 Å². The quantitative estimate of drug-likeness (QED) is 0.420. The Morgan fingerprint density at radius 2 is 2.00 bits per heavy atom. The third-order valence-electron chi connectivity index (χ3n) is 3.11. The van der Waals surface area contributed by atoms with E-state index in [1.54, 1.807) is 14.0 Å². The number of primary amides is 1.